The first-order valence-corrected chi connectivity index (χ1v) is 10.6. The molecule has 0 aliphatic rings. The first-order valence-electron chi connectivity index (χ1n) is 9.77. The topological polar surface area (TPSA) is 42.3 Å². The Hall–Kier alpha value is -2.78. The number of hydrogen-bond acceptors (Lipinski definition) is 3. The number of aryl methyl sites for hydroxylation is 1. The third kappa shape index (κ3) is 6.61. The summed E-state index contributed by atoms with van der Waals surface area (Å²) in [4.78, 5) is 5.84. The van der Waals surface area contributed by atoms with Crippen molar-refractivity contribution in [2.75, 3.05) is 19.0 Å². The summed E-state index contributed by atoms with van der Waals surface area (Å²) in [6, 6.07) is 10.8. The molecule has 0 saturated heterocycles. The molecule has 1 aromatic heterocycles. The van der Waals surface area contributed by atoms with Crippen molar-refractivity contribution in [2.24, 2.45) is 0 Å². The SMILES string of the molecule is COc1ccc(CN(CCCn2ccnc2)C(=S)Nc2cc(Cl)ccc2C(F)(F)F)cc1. The molecule has 1 N–H and O–H groups in total. The molecule has 0 saturated carbocycles. The number of aromatic nitrogens is 2. The first kappa shape index (κ1) is 23.9. The molecule has 0 bridgehead atoms. The summed E-state index contributed by atoms with van der Waals surface area (Å²) in [5.74, 6) is 0.717. The number of hydrogen-bond donors (Lipinski definition) is 1. The van der Waals surface area contributed by atoms with E-state index >= 15 is 0 Å². The van der Waals surface area contributed by atoms with Gasteiger partial charge in [-0.05, 0) is 54.5 Å². The summed E-state index contributed by atoms with van der Waals surface area (Å²) in [5.41, 5.74) is -0.0591. The Morgan fingerprint density at radius 3 is 2.59 bits per heavy atom. The molecule has 3 rings (SSSR count). The van der Waals surface area contributed by atoms with Crippen molar-refractivity contribution in [3.05, 3.63) is 77.3 Å². The molecule has 3 aromatic rings. The van der Waals surface area contributed by atoms with Crippen molar-refractivity contribution >= 4 is 34.6 Å². The molecule has 0 amide bonds. The Balaban J connectivity index is 1.78. The summed E-state index contributed by atoms with van der Waals surface area (Å²) in [5, 5.41) is 3.12. The molecule has 170 valence electrons. The highest BCUT2D eigenvalue weighted by molar-refractivity contribution is 7.80. The summed E-state index contributed by atoms with van der Waals surface area (Å²) < 4.78 is 47.5. The van der Waals surface area contributed by atoms with Gasteiger partial charge in [0.05, 0.1) is 24.7 Å². The molecule has 0 unspecified atom stereocenters. The van der Waals surface area contributed by atoms with Crippen LogP contribution in [0.2, 0.25) is 5.02 Å². The zero-order chi connectivity index (χ0) is 23.1. The Bertz CT molecular complexity index is 1030. The fourth-order valence-corrected chi connectivity index (χ4v) is 3.57. The van der Waals surface area contributed by atoms with Crippen molar-refractivity contribution in [2.45, 2.75) is 25.7 Å². The highest BCUT2D eigenvalue weighted by atomic mass is 35.5. The van der Waals surface area contributed by atoms with Gasteiger partial charge < -0.3 is 19.5 Å². The zero-order valence-corrected chi connectivity index (χ0v) is 18.8. The number of nitrogens with zero attached hydrogens (tertiary/aromatic N) is 3. The number of thiocarbonyl (C=S) groups is 1. The van der Waals surface area contributed by atoms with Gasteiger partial charge in [0, 0.05) is 37.1 Å². The van der Waals surface area contributed by atoms with Gasteiger partial charge in [-0.15, -0.1) is 0 Å². The third-order valence-corrected chi connectivity index (χ3v) is 5.35. The Kier molecular flexibility index (Phi) is 7.98. The number of rotatable bonds is 8. The predicted octanol–water partition coefficient (Wildman–Crippen LogP) is 5.85. The molecular weight excluding hydrogens is 461 g/mol. The van der Waals surface area contributed by atoms with Gasteiger partial charge in [-0.2, -0.15) is 13.2 Å². The van der Waals surface area contributed by atoms with Gasteiger partial charge in [-0.3, -0.25) is 0 Å². The van der Waals surface area contributed by atoms with Crippen LogP contribution in [0.1, 0.15) is 17.5 Å². The van der Waals surface area contributed by atoms with E-state index in [2.05, 4.69) is 10.3 Å². The molecule has 10 heteroatoms. The van der Waals surface area contributed by atoms with Crippen LogP contribution in [0.4, 0.5) is 18.9 Å². The van der Waals surface area contributed by atoms with E-state index in [9.17, 15) is 13.2 Å². The van der Waals surface area contributed by atoms with Gasteiger partial charge in [0.15, 0.2) is 5.11 Å². The van der Waals surface area contributed by atoms with E-state index in [1.54, 1.807) is 19.6 Å². The van der Waals surface area contributed by atoms with Crippen LogP contribution in [-0.4, -0.2) is 33.2 Å². The number of anilines is 1. The van der Waals surface area contributed by atoms with E-state index in [0.717, 1.165) is 23.8 Å². The minimum absolute atomic E-state index is 0.177. The van der Waals surface area contributed by atoms with Gasteiger partial charge >= 0.3 is 6.18 Å². The number of halogens is 4. The van der Waals surface area contributed by atoms with Crippen molar-refractivity contribution in [1.29, 1.82) is 0 Å². The molecular formula is C22H22ClF3N4OS. The van der Waals surface area contributed by atoms with Crippen molar-refractivity contribution in [3.8, 4) is 5.75 Å². The fraction of sp³-hybridized carbons (Fsp3) is 0.273. The lowest BCUT2D eigenvalue weighted by Gasteiger charge is -2.27. The van der Waals surface area contributed by atoms with Crippen LogP contribution in [0, 0.1) is 0 Å². The lowest BCUT2D eigenvalue weighted by atomic mass is 10.1. The highest BCUT2D eigenvalue weighted by Gasteiger charge is 2.34. The highest BCUT2D eigenvalue weighted by Crippen LogP contribution is 2.36. The number of nitrogens with one attached hydrogen (secondary N) is 1. The molecule has 5 nitrogen and oxygen atoms in total. The fourth-order valence-electron chi connectivity index (χ4n) is 3.13. The van der Waals surface area contributed by atoms with Gasteiger partial charge in [0.2, 0.25) is 0 Å². The Labute approximate surface area is 194 Å². The molecule has 32 heavy (non-hydrogen) atoms. The second kappa shape index (κ2) is 10.7. The minimum Gasteiger partial charge on any atom is -0.497 e. The number of ether oxygens (including phenoxy) is 1. The van der Waals surface area contributed by atoms with Crippen molar-refractivity contribution in [1.82, 2.24) is 14.5 Å². The molecule has 0 aliphatic heterocycles. The number of methoxy groups -OCH3 is 1. The van der Waals surface area contributed by atoms with Crippen LogP contribution >= 0.6 is 23.8 Å². The maximum absolute atomic E-state index is 13.4. The molecule has 0 aliphatic carbocycles. The third-order valence-electron chi connectivity index (χ3n) is 4.75. The smallest absolute Gasteiger partial charge is 0.418 e. The first-order chi connectivity index (χ1) is 15.3. The van der Waals surface area contributed by atoms with E-state index in [4.69, 9.17) is 28.6 Å². The second-order valence-corrected chi connectivity index (χ2v) is 7.86. The minimum atomic E-state index is -4.54. The molecule has 0 radical (unpaired) electrons. The van der Waals surface area contributed by atoms with Gasteiger partial charge in [0.25, 0.3) is 0 Å². The van der Waals surface area contributed by atoms with Crippen LogP contribution in [-0.2, 0) is 19.3 Å². The van der Waals surface area contributed by atoms with E-state index in [1.807, 2.05) is 39.9 Å². The quantitative estimate of drug-likeness (QED) is 0.408. The Morgan fingerprint density at radius 2 is 1.97 bits per heavy atom. The number of imidazole rings is 1. The van der Waals surface area contributed by atoms with E-state index in [-0.39, 0.29) is 15.8 Å². The summed E-state index contributed by atoms with van der Waals surface area (Å²) in [6.07, 6.45) is 1.44. The average molecular weight is 483 g/mol. The summed E-state index contributed by atoms with van der Waals surface area (Å²) >= 11 is 11.4. The van der Waals surface area contributed by atoms with Crippen molar-refractivity contribution in [3.63, 3.8) is 0 Å². The average Bonchev–Trinajstić information content (AvgIpc) is 3.26. The standard InChI is InChI=1S/C22H22ClF3N4OS/c1-31-18-6-3-16(4-7-18)14-30(11-2-10-29-12-9-27-15-29)21(32)28-20-13-17(23)5-8-19(20)22(24,25)26/h3-9,12-13,15H,2,10-11,14H2,1H3,(H,28,32). The lowest BCUT2D eigenvalue weighted by molar-refractivity contribution is -0.136. The maximum Gasteiger partial charge on any atom is 0.418 e. The molecule has 1 heterocycles. The summed E-state index contributed by atoms with van der Waals surface area (Å²) in [6.45, 7) is 1.65. The molecule has 2 aromatic carbocycles. The van der Waals surface area contributed by atoms with E-state index in [1.165, 1.54) is 12.1 Å². The van der Waals surface area contributed by atoms with Gasteiger partial charge in [0.1, 0.15) is 5.75 Å². The second-order valence-electron chi connectivity index (χ2n) is 7.04. The maximum atomic E-state index is 13.4. The van der Waals surface area contributed by atoms with Crippen molar-refractivity contribution < 1.29 is 17.9 Å². The Morgan fingerprint density at radius 1 is 1.22 bits per heavy atom. The van der Waals surface area contributed by atoms with E-state index in [0.29, 0.717) is 19.6 Å². The van der Waals surface area contributed by atoms with Gasteiger partial charge in [-0.1, -0.05) is 23.7 Å². The van der Waals surface area contributed by atoms with E-state index < -0.39 is 11.7 Å². The molecule has 0 atom stereocenters. The lowest BCUT2D eigenvalue weighted by Crippen LogP contribution is -2.36. The molecule has 0 spiro atoms. The van der Waals surface area contributed by atoms with Gasteiger partial charge in [-0.25, -0.2) is 4.98 Å². The number of benzene rings is 2. The predicted molar refractivity (Wildman–Crippen MR) is 123 cm³/mol. The van der Waals surface area contributed by atoms with Crippen LogP contribution in [0.3, 0.4) is 0 Å². The normalized spacial score (nSPS) is 11.3. The van der Waals surface area contributed by atoms with Crippen LogP contribution < -0.4 is 10.1 Å². The number of alkyl halides is 3. The largest absolute Gasteiger partial charge is 0.497 e. The monoisotopic (exact) mass is 482 g/mol. The molecule has 0 fully saturated rings. The van der Waals surface area contributed by atoms with Crippen LogP contribution in [0.5, 0.6) is 5.75 Å². The zero-order valence-electron chi connectivity index (χ0n) is 17.3. The van der Waals surface area contributed by atoms with Crippen LogP contribution in [0.15, 0.2) is 61.2 Å². The van der Waals surface area contributed by atoms with Crippen LogP contribution in [0.25, 0.3) is 0 Å². The summed E-state index contributed by atoms with van der Waals surface area (Å²) in [7, 11) is 1.58.